The summed E-state index contributed by atoms with van der Waals surface area (Å²) in [6.07, 6.45) is 5.94. The normalized spacial score (nSPS) is 20.5. The minimum atomic E-state index is 0.623. The van der Waals surface area contributed by atoms with Gasteiger partial charge < -0.3 is 5.32 Å². The lowest BCUT2D eigenvalue weighted by Crippen LogP contribution is -2.27. The van der Waals surface area contributed by atoms with Crippen molar-refractivity contribution in [2.45, 2.75) is 32.2 Å². The molecule has 1 rings (SSSR count). The smallest absolute Gasteiger partial charge is 0.00732 e. The summed E-state index contributed by atoms with van der Waals surface area (Å²) in [6, 6.07) is 0.623. The number of rotatable bonds is 5. The maximum Gasteiger partial charge on any atom is 0.00732 e. The molecule has 10 heavy (non-hydrogen) atoms. The van der Waals surface area contributed by atoms with Crippen molar-refractivity contribution in [3.05, 3.63) is 12.7 Å². The average molecular weight is 139 g/mol. The van der Waals surface area contributed by atoms with Gasteiger partial charge in [-0.05, 0) is 38.6 Å². The van der Waals surface area contributed by atoms with E-state index in [9.17, 15) is 0 Å². The molecule has 1 fully saturated rings. The van der Waals surface area contributed by atoms with Crippen molar-refractivity contribution < 1.29 is 0 Å². The standard InChI is InChI=1S/C9H17N/c1-3-4-8(2)10-7-9-5-6-9/h3,8-10H,1,4-7H2,2H3/t8-/m0/s1. The van der Waals surface area contributed by atoms with Gasteiger partial charge in [-0.25, -0.2) is 0 Å². The molecule has 58 valence electrons. The van der Waals surface area contributed by atoms with Crippen molar-refractivity contribution in [1.29, 1.82) is 0 Å². The molecule has 0 heterocycles. The predicted octanol–water partition coefficient (Wildman–Crippen LogP) is 1.95. The Hall–Kier alpha value is -0.300. The van der Waals surface area contributed by atoms with Crippen LogP contribution in [-0.2, 0) is 0 Å². The Morgan fingerprint density at radius 1 is 1.70 bits per heavy atom. The van der Waals surface area contributed by atoms with Crippen LogP contribution in [0.25, 0.3) is 0 Å². The van der Waals surface area contributed by atoms with Crippen LogP contribution in [0.1, 0.15) is 26.2 Å². The molecular formula is C9H17N. The maximum absolute atomic E-state index is 3.70. The molecule has 0 aliphatic heterocycles. The monoisotopic (exact) mass is 139 g/mol. The highest BCUT2D eigenvalue weighted by molar-refractivity contribution is 4.79. The number of hydrogen-bond acceptors (Lipinski definition) is 1. The summed E-state index contributed by atoms with van der Waals surface area (Å²) in [5.74, 6) is 0.993. The second-order valence-electron chi connectivity index (χ2n) is 3.28. The molecule has 0 amide bonds. The van der Waals surface area contributed by atoms with Gasteiger partial charge in [0, 0.05) is 6.04 Å². The van der Waals surface area contributed by atoms with Crippen molar-refractivity contribution in [2.24, 2.45) is 5.92 Å². The lowest BCUT2D eigenvalue weighted by Gasteiger charge is -2.09. The van der Waals surface area contributed by atoms with Crippen LogP contribution in [0.3, 0.4) is 0 Å². The van der Waals surface area contributed by atoms with Crippen LogP contribution in [0.2, 0.25) is 0 Å². The molecule has 0 aromatic heterocycles. The fraction of sp³-hybridized carbons (Fsp3) is 0.778. The second kappa shape index (κ2) is 3.77. The van der Waals surface area contributed by atoms with Gasteiger partial charge in [-0.15, -0.1) is 6.58 Å². The fourth-order valence-corrected chi connectivity index (χ4v) is 1.02. The molecule has 0 saturated heterocycles. The number of hydrogen-bond donors (Lipinski definition) is 1. The lowest BCUT2D eigenvalue weighted by atomic mass is 10.2. The van der Waals surface area contributed by atoms with Gasteiger partial charge in [0.15, 0.2) is 0 Å². The first-order valence-corrected chi connectivity index (χ1v) is 4.17. The van der Waals surface area contributed by atoms with Crippen LogP contribution in [0.5, 0.6) is 0 Å². The molecule has 1 atom stereocenters. The molecule has 1 N–H and O–H groups in total. The molecule has 0 spiro atoms. The van der Waals surface area contributed by atoms with Crippen molar-refractivity contribution in [1.82, 2.24) is 5.32 Å². The van der Waals surface area contributed by atoms with E-state index in [-0.39, 0.29) is 0 Å². The Bertz CT molecular complexity index is 105. The summed E-state index contributed by atoms with van der Waals surface area (Å²) >= 11 is 0. The van der Waals surface area contributed by atoms with Crippen molar-refractivity contribution >= 4 is 0 Å². The minimum absolute atomic E-state index is 0.623. The van der Waals surface area contributed by atoms with E-state index in [0.29, 0.717) is 6.04 Å². The first-order valence-electron chi connectivity index (χ1n) is 4.17. The Morgan fingerprint density at radius 3 is 2.90 bits per heavy atom. The van der Waals surface area contributed by atoms with E-state index < -0.39 is 0 Å². The minimum Gasteiger partial charge on any atom is -0.314 e. The van der Waals surface area contributed by atoms with Crippen molar-refractivity contribution in [2.75, 3.05) is 6.54 Å². The van der Waals surface area contributed by atoms with E-state index in [0.717, 1.165) is 12.3 Å². The first-order chi connectivity index (χ1) is 4.83. The third kappa shape index (κ3) is 3.02. The van der Waals surface area contributed by atoms with Crippen molar-refractivity contribution in [3.8, 4) is 0 Å². The van der Waals surface area contributed by atoms with E-state index in [2.05, 4.69) is 18.8 Å². The molecule has 0 radical (unpaired) electrons. The van der Waals surface area contributed by atoms with Gasteiger partial charge in [0.25, 0.3) is 0 Å². The summed E-state index contributed by atoms with van der Waals surface area (Å²) in [7, 11) is 0. The largest absolute Gasteiger partial charge is 0.314 e. The second-order valence-corrected chi connectivity index (χ2v) is 3.28. The highest BCUT2D eigenvalue weighted by Gasteiger charge is 2.20. The Kier molecular flexibility index (Phi) is 2.94. The van der Waals surface area contributed by atoms with Crippen molar-refractivity contribution in [3.63, 3.8) is 0 Å². The van der Waals surface area contributed by atoms with Crippen LogP contribution in [0.15, 0.2) is 12.7 Å². The van der Waals surface area contributed by atoms with Gasteiger partial charge >= 0.3 is 0 Å². The molecule has 0 unspecified atom stereocenters. The van der Waals surface area contributed by atoms with Crippen LogP contribution in [0, 0.1) is 5.92 Å². The Balaban J connectivity index is 1.93. The van der Waals surface area contributed by atoms with E-state index in [1.807, 2.05) is 6.08 Å². The molecule has 1 aliphatic carbocycles. The highest BCUT2D eigenvalue weighted by atomic mass is 14.9. The zero-order valence-electron chi connectivity index (χ0n) is 6.77. The van der Waals surface area contributed by atoms with E-state index >= 15 is 0 Å². The van der Waals surface area contributed by atoms with Crippen LogP contribution >= 0.6 is 0 Å². The van der Waals surface area contributed by atoms with Gasteiger partial charge in [-0.1, -0.05) is 6.08 Å². The molecule has 1 heteroatoms. The molecule has 1 saturated carbocycles. The summed E-state index contributed by atoms with van der Waals surface area (Å²) in [4.78, 5) is 0. The van der Waals surface area contributed by atoms with Gasteiger partial charge in [0.1, 0.15) is 0 Å². The third-order valence-corrected chi connectivity index (χ3v) is 1.97. The average Bonchev–Trinajstić information content (AvgIpc) is 2.67. The van der Waals surface area contributed by atoms with E-state index in [1.165, 1.54) is 19.4 Å². The summed E-state index contributed by atoms with van der Waals surface area (Å²) in [5, 5.41) is 3.47. The maximum atomic E-state index is 3.70. The molecule has 0 aromatic carbocycles. The van der Waals surface area contributed by atoms with Crippen LogP contribution < -0.4 is 5.32 Å². The predicted molar refractivity (Wildman–Crippen MR) is 45.0 cm³/mol. The third-order valence-electron chi connectivity index (χ3n) is 1.97. The number of nitrogens with one attached hydrogen (secondary N) is 1. The zero-order valence-corrected chi connectivity index (χ0v) is 6.77. The zero-order chi connectivity index (χ0) is 7.40. The van der Waals surface area contributed by atoms with Crippen LogP contribution in [-0.4, -0.2) is 12.6 Å². The molecule has 0 aromatic rings. The lowest BCUT2D eigenvalue weighted by molar-refractivity contribution is 0.532. The Labute approximate surface area is 63.5 Å². The van der Waals surface area contributed by atoms with Gasteiger partial charge in [0.05, 0.1) is 0 Å². The molecule has 1 nitrogen and oxygen atoms in total. The quantitative estimate of drug-likeness (QED) is 0.574. The molecular weight excluding hydrogens is 122 g/mol. The SMILES string of the molecule is C=CC[C@H](C)NCC1CC1. The van der Waals surface area contributed by atoms with Gasteiger partial charge in [-0.3, -0.25) is 0 Å². The van der Waals surface area contributed by atoms with Crippen LogP contribution in [0.4, 0.5) is 0 Å². The fourth-order valence-electron chi connectivity index (χ4n) is 1.02. The molecule has 1 aliphatic rings. The van der Waals surface area contributed by atoms with E-state index in [1.54, 1.807) is 0 Å². The highest BCUT2D eigenvalue weighted by Crippen LogP contribution is 2.27. The summed E-state index contributed by atoms with van der Waals surface area (Å²) < 4.78 is 0. The summed E-state index contributed by atoms with van der Waals surface area (Å²) in [5.41, 5.74) is 0. The van der Waals surface area contributed by atoms with E-state index in [4.69, 9.17) is 0 Å². The van der Waals surface area contributed by atoms with Gasteiger partial charge in [0.2, 0.25) is 0 Å². The molecule has 0 bridgehead atoms. The first kappa shape index (κ1) is 7.80. The topological polar surface area (TPSA) is 12.0 Å². The Morgan fingerprint density at radius 2 is 2.40 bits per heavy atom. The van der Waals surface area contributed by atoms with Gasteiger partial charge in [-0.2, -0.15) is 0 Å². The summed E-state index contributed by atoms with van der Waals surface area (Å²) in [6.45, 7) is 7.13.